The number of hydrogen-bond donors (Lipinski definition) is 2. The molecule has 1 aliphatic heterocycles. The molecule has 1 saturated heterocycles. The van der Waals surface area contributed by atoms with E-state index < -0.39 is 8.32 Å². The molecule has 0 aliphatic carbocycles. The van der Waals surface area contributed by atoms with Crippen LogP contribution in [0.5, 0.6) is 0 Å². The number of hydrogen-bond acceptors (Lipinski definition) is 3. The normalized spacial score (nSPS) is 18.7. The van der Waals surface area contributed by atoms with Crippen molar-refractivity contribution in [2.45, 2.75) is 32.5 Å². The predicted molar refractivity (Wildman–Crippen MR) is 83.9 cm³/mol. The Kier molecular flexibility index (Phi) is 4.48. The summed E-state index contributed by atoms with van der Waals surface area (Å²) in [5.74, 6) is -0.0828. The number of carbonyl (C=O) groups is 2. The van der Waals surface area contributed by atoms with Crippen LogP contribution >= 0.6 is 0 Å². The van der Waals surface area contributed by atoms with Gasteiger partial charge in [0.2, 0.25) is 14.2 Å². The van der Waals surface area contributed by atoms with Crippen LogP contribution < -0.4 is 10.5 Å². The average molecular weight is 306 g/mol. The van der Waals surface area contributed by atoms with E-state index in [9.17, 15) is 14.4 Å². The van der Waals surface area contributed by atoms with E-state index >= 15 is 0 Å². The van der Waals surface area contributed by atoms with Crippen LogP contribution in [-0.2, 0) is 4.79 Å². The van der Waals surface area contributed by atoms with Crippen molar-refractivity contribution in [1.29, 1.82) is 0 Å². The first-order valence-corrected chi connectivity index (χ1v) is 10.1. The van der Waals surface area contributed by atoms with E-state index in [1.165, 1.54) is 0 Å². The first-order valence-electron chi connectivity index (χ1n) is 7.16. The van der Waals surface area contributed by atoms with Crippen LogP contribution in [0.25, 0.3) is 0 Å². The second-order valence-electron chi connectivity index (χ2n) is 6.06. The Morgan fingerprint density at radius 1 is 1.29 bits per heavy atom. The van der Waals surface area contributed by atoms with E-state index in [2.05, 4.69) is 5.32 Å². The fourth-order valence-corrected chi connectivity index (χ4v) is 3.44. The highest BCUT2D eigenvalue weighted by atomic mass is 28.4. The second-order valence-corrected chi connectivity index (χ2v) is 9.76. The van der Waals surface area contributed by atoms with Crippen molar-refractivity contribution in [2.24, 2.45) is 0 Å². The van der Waals surface area contributed by atoms with Gasteiger partial charge in [0, 0.05) is 31.6 Å². The largest absolute Gasteiger partial charge is 0.428 e. The molecule has 1 heterocycles. The Hall–Kier alpha value is -1.66. The summed E-state index contributed by atoms with van der Waals surface area (Å²) in [6.45, 7) is 6.51. The number of carbonyl (C=O) groups excluding carboxylic acids is 2. The lowest BCUT2D eigenvalue weighted by Crippen LogP contribution is -2.41. The molecule has 2 amide bonds. The number of nitrogens with one attached hydrogen (secondary N) is 1. The third-order valence-corrected chi connectivity index (χ3v) is 5.57. The molecule has 0 radical (unpaired) electrons. The molecule has 114 valence electrons. The molecule has 2 rings (SSSR count). The number of benzene rings is 1. The molecule has 1 atom stereocenters. The van der Waals surface area contributed by atoms with Crippen LogP contribution in [0.3, 0.4) is 0 Å². The lowest BCUT2D eigenvalue weighted by molar-refractivity contribution is -0.127. The van der Waals surface area contributed by atoms with Crippen LogP contribution in [0.1, 0.15) is 23.7 Å². The summed E-state index contributed by atoms with van der Waals surface area (Å²) in [6, 6.07) is 7.14. The molecule has 0 bridgehead atoms. The topological polar surface area (TPSA) is 69.6 Å². The summed E-state index contributed by atoms with van der Waals surface area (Å²) in [5.41, 5.74) is 0.582. The van der Waals surface area contributed by atoms with Crippen LogP contribution in [0, 0.1) is 0 Å². The maximum absolute atomic E-state index is 12.2. The number of nitrogens with zero attached hydrogens (tertiary/aromatic N) is 1. The van der Waals surface area contributed by atoms with Crippen molar-refractivity contribution in [3.63, 3.8) is 0 Å². The Morgan fingerprint density at radius 3 is 2.38 bits per heavy atom. The zero-order valence-electron chi connectivity index (χ0n) is 12.7. The SMILES string of the molecule is CC(=O)N1CCC(NC(=O)c2ccc([Si](C)(C)O)cc2)C1. The standard InChI is InChI=1S/C15H22N2O3Si/c1-11(18)17-9-8-13(10-17)16-15(19)12-4-6-14(7-5-12)21(2,3)20/h4-7,13,20H,8-10H2,1-3H3,(H,16,19). The summed E-state index contributed by atoms with van der Waals surface area (Å²) in [6.07, 6.45) is 0.792. The molecule has 21 heavy (non-hydrogen) atoms. The highest BCUT2D eigenvalue weighted by Gasteiger charge is 2.26. The first kappa shape index (κ1) is 15.7. The van der Waals surface area contributed by atoms with Crippen molar-refractivity contribution in [2.75, 3.05) is 13.1 Å². The Bertz CT molecular complexity index is 537. The molecule has 0 saturated carbocycles. The summed E-state index contributed by atoms with van der Waals surface area (Å²) in [4.78, 5) is 35.2. The van der Waals surface area contributed by atoms with Crippen LogP contribution in [0.2, 0.25) is 13.1 Å². The number of likely N-dealkylation sites (tertiary alicyclic amines) is 1. The predicted octanol–water partition coefficient (Wildman–Crippen LogP) is 0.442. The van der Waals surface area contributed by atoms with Gasteiger partial charge in [0.15, 0.2) is 0 Å². The molecule has 0 spiro atoms. The fourth-order valence-electron chi connectivity index (χ4n) is 2.46. The molecule has 6 heteroatoms. The first-order chi connectivity index (χ1) is 9.77. The maximum Gasteiger partial charge on any atom is 0.251 e. The third kappa shape index (κ3) is 3.92. The Morgan fingerprint density at radius 2 is 1.90 bits per heavy atom. The van der Waals surface area contributed by atoms with Gasteiger partial charge >= 0.3 is 0 Å². The van der Waals surface area contributed by atoms with Crippen molar-refractivity contribution in [3.05, 3.63) is 29.8 Å². The van der Waals surface area contributed by atoms with Gasteiger partial charge in [0.25, 0.3) is 5.91 Å². The molecular formula is C15H22N2O3Si. The molecule has 1 unspecified atom stereocenters. The molecule has 1 aliphatic rings. The van der Waals surface area contributed by atoms with Crippen molar-refractivity contribution < 1.29 is 14.4 Å². The van der Waals surface area contributed by atoms with Crippen molar-refractivity contribution in [1.82, 2.24) is 10.2 Å². The number of amides is 2. The quantitative estimate of drug-likeness (QED) is 0.796. The van der Waals surface area contributed by atoms with Crippen LogP contribution in [0.15, 0.2) is 24.3 Å². The summed E-state index contributed by atoms with van der Waals surface area (Å²) in [5, 5.41) is 3.86. The van der Waals surface area contributed by atoms with Crippen molar-refractivity contribution in [3.8, 4) is 0 Å². The minimum absolute atomic E-state index is 0.0183. The lowest BCUT2D eigenvalue weighted by atomic mass is 10.2. The monoisotopic (exact) mass is 306 g/mol. The second kappa shape index (κ2) is 5.99. The van der Waals surface area contributed by atoms with Gasteiger partial charge < -0.3 is 15.0 Å². The fraction of sp³-hybridized carbons (Fsp3) is 0.467. The highest BCUT2D eigenvalue weighted by molar-refractivity contribution is 6.83. The highest BCUT2D eigenvalue weighted by Crippen LogP contribution is 2.10. The van der Waals surface area contributed by atoms with E-state index in [0.29, 0.717) is 18.7 Å². The third-order valence-electron chi connectivity index (χ3n) is 3.82. The van der Waals surface area contributed by atoms with Crippen LogP contribution in [0.4, 0.5) is 0 Å². The molecular weight excluding hydrogens is 284 g/mol. The lowest BCUT2D eigenvalue weighted by Gasteiger charge is -2.16. The van der Waals surface area contributed by atoms with Gasteiger partial charge in [-0.1, -0.05) is 12.1 Å². The van der Waals surface area contributed by atoms with E-state index in [1.807, 2.05) is 25.2 Å². The van der Waals surface area contributed by atoms with Gasteiger partial charge in [0.05, 0.1) is 0 Å². The van der Waals surface area contributed by atoms with Gasteiger partial charge in [-0.3, -0.25) is 9.59 Å². The van der Waals surface area contributed by atoms with Gasteiger partial charge in [-0.05, 0) is 36.8 Å². The molecule has 1 aromatic carbocycles. The maximum atomic E-state index is 12.2. The van der Waals surface area contributed by atoms with E-state index in [4.69, 9.17) is 0 Å². The molecule has 1 fully saturated rings. The van der Waals surface area contributed by atoms with Gasteiger partial charge in [-0.15, -0.1) is 0 Å². The minimum atomic E-state index is -2.32. The smallest absolute Gasteiger partial charge is 0.251 e. The van der Waals surface area contributed by atoms with E-state index in [1.54, 1.807) is 24.0 Å². The Balaban J connectivity index is 1.97. The van der Waals surface area contributed by atoms with Crippen molar-refractivity contribution >= 4 is 25.3 Å². The minimum Gasteiger partial charge on any atom is -0.428 e. The van der Waals surface area contributed by atoms with Gasteiger partial charge in [0.1, 0.15) is 0 Å². The zero-order valence-corrected chi connectivity index (χ0v) is 13.7. The van der Waals surface area contributed by atoms with E-state index in [-0.39, 0.29) is 17.9 Å². The summed E-state index contributed by atoms with van der Waals surface area (Å²) < 4.78 is 0. The van der Waals surface area contributed by atoms with E-state index in [0.717, 1.165) is 11.6 Å². The molecule has 0 aromatic heterocycles. The molecule has 5 nitrogen and oxygen atoms in total. The zero-order chi connectivity index (χ0) is 15.6. The number of rotatable bonds is 3. The van der Waals surface area contributed by atoms with Gasteiger partial charge in [-0.25, -0.2) is 0 Å². The summed E-state index contributed by atoms with van der Waals surface area (Å²) in [7, 11) is -2.32. The molecule has 2 N–H and O–H groups in total. The average Bonchev–Trinajstić information content (AvgIpc) is 2.86. The van der Waals surface area contributed by atoms with Gasteiger partial charge in [-0.2, -0.15) is 0 Å². The Labute approximate surface area is 126 Å². The summed E-state index contributed by atoms with van der Waals surface area (Å²) >= 11 is 0. The molecule has 1 aromatic rings. The van der Waals surface area contributed by atoms with Crippen LogP contribution in [-0.4, -0.2) is 49.0 Å².